The van der Waals surface area contributed by atoms with Crippen LogP contribution in [-0.2, 0) is 12.8 Å². The van der Waals surface area contributed by atoms with Crippen LogP contribution in [0.4, 0.5) is 0 Å². The second-order valence-corrected chi connectivity index (χ2v) is 5.12. The number of hydrogen-bond donors (Lipinski definition) is 1. The van der Waals surface area contributed by atoms with Gasteiger partial charge in [0.1, 0.15) is 5.82 Å². The molecule has 0 saturated heterocycles. The van der Waals surface area contributed by atoms with Crippen LogP contribution in [0.5, 0.6) is 0 Å². The number of nitrogens with zero attached hydrogens (tertiary/aromatic N) is 1. The smallest absolute Gasteiger partial charge is 0.107 e. The van der Waals surface area contributed by atoms with E-state index < -0.39 is 0 Å². The van der Waals surface area contributed by atoms with Crippen LogP contribution >= 0.6 is 0 Å². The number of H-pyrrole nitrogens is 1. The number of aromatic amines is 1. The molecule has 3 aromatic rings. The Labute approximate surface area is 113 Å². The fourth-order valence-electron chi connectivity index (χ4n) is 2.35. The zero-order chi connectivity index (χ0) is 13.2. The van der Waals surface area contributed by atoms with Crippen LogP contribution in [0.2, 0.25) is 0 Å². The maximum absolute atomic E-state index is 4.67. The van der Waals surface area contributed by atoms with E-state index in [1.54, 1.807) is 0 Å². The molecular weight excluding hydrogens is 232 g/mol. The van der Waals surface area contributed by atoms with E-state index in [4.69, 9.17) is 0 Å². The number of aromatic nitrogens is 2. The average molecular weight is 250 g/mol. The van der Waals surface area contributed by atoms with Crippen molar-refractivity contribution >= 4 is 11.0 Å². The molecule has 0 unspecified atom stereocenters. The molecule has 2 aromatic carbocycles. The molecule has 1 aromatic heterocycles. The number of aryl methyl sites for hydroxylation is 4. The van der Waals surface area contributed by atoms with Gasteiger partial charge >= 0.3 is 0 Å². The van der Waals surface area contributed by atoms with Crippen LogP contribution in [0, 0.1) is 13.8 Å². The van der Waals surface area contributed by atoms with Crippen LogP contribution in [0.1, 0.15) is 22.5 Å². The monoisotopic (exact) mass is 250 g/mol. The lowest BCUT2D eigenvalue weighted by atomic mass is 10.1. The van der Waals surface area contributed by atoms with E-state index in [-0.39, 0.29) is 0 Å². The van der Waals surface area contributed by atoms with E-state index in [2.05, 4.69) is 66.3 Å². The molecule has 96 valence electrons. The molecule has 0 aliphatic rings. The van der Waals surface area contributed by atoms with Gasteiger partial charge in [0.15, 0.2) is 0 Å². The van der Waals surface area contributed by atoms with Gasteiger partial charge in [-0.2, -0.15) is 0 Å². The normalized spacial score (nSPS) is 11.1. The van der Waals surface area contributed by atoms with Crippen LogP contribution < -0.4 is 0 Å². The van der Waals surface area contributed by atoms with Gasteiger partial charge in [0.25, 0.3) is 0 Å². The summed E-state index contributed by atoms with van der Waals surface area (Å²) in [5.41, 5.74) is 6.19. The molecule has 1 heterocycles. The highest BCUT2D eigenvalue weighted by atomic mass is 14.9. The lowest BCUT2D eigenvalue weighted by molar-refractivity contribution is 0.890. The van der Waals surface area contributed by atoms with Crippen LogP contribution in [0.3, 0.4) is 0 Å². The Balaban J connectivity index is 1.82. The molecule has 3 rings (SSSR count). The minimum Gasteiger partial charge on any atom is -0.342 e. The van der Waals surface area contributed by atoms with Crippen molar-refractivity contribution in [1.82, 2.24) is 9.97 Å². The zero-order valence-corrected chi connectivity index (χ0v) is 11.4. The number of nitrogens with one attached hydrogen (secondary N) is 1. The molecule has 0 atom stereocenters. The Hall–Kier alpha value is -2.09. The Morgan fingerprint density at radius 2 is 1.68 bits per heavy atom. The van der Waals surface area contributed by atoms with Crippen molar-refractivity contribution in [2.24, 2.45) is 0 Å². The summed E-state index contributed by atoms with van der Waals surface area (Å²) in [5.74, 6) is 1.07. The quantitative estimate of drug-likeness (QED) is 0.748. The molecule has 2 heteroatoms. The molecule has 0 radical (unpaired) electrons. The molecule has 0 fully saturated rings. The highest BCUT2D eigenvalue weighted by molar-refractivity contribution is 5.77. The van der Waals surface area contributed by atoms with Crippen molar-refractivity contribution in [3.63, 3.8) is 0 Å². The molecule has 1 N–H and O–H groups in total. The van der Waals surface area contributed by atoms with Gasteiger partial charge < -0.3 is 4.98 Å². The Morgan fingerprint density at radius 3 is 2.47 bits per heavy atom. The van der Waals surface area contributed by atoms with Gasteiger partial charge in [0.2, 0.25) is 0 Å². The molecule has 0 aliphatic carbocycles. The summed E-state index contributed by atoms with van der Waals surface area (Å²) in [7, 11) is 0. The lowest BCUT2D eigenvalue weighted by Gasteiger charge is -1.98. The lowest BCUT2D eigenvalue weighted by Crippen LogP contribution is -1.92. The second kappa shape index (κ2) is 4.88. The molecule has 0 saturated carbocycles. The van der Waals surface area contributed by atoms with Crippen molar-refractivity contribution in [2.75, 3.05) is 0 Å². The first-order valence-electron chi connectivity index (χ1n) is 6.72. The largest absolute Gasteiger partial charge is 0.342 e. The van der Waals surface area contributed by atoms with E-state index in [0.717, 1.165) is 29.7 Å². The first kappa shape index (κ1) is 12.0. The predicted octanol–water partition coefficient (Wildman–Crippen LogP) is 3.96. The fraction of sp³-hybridized carbons (Fsp3) is 0.235. The minimum absolute atomic E-state index is 0.955. The SMILES string of the molecule is Cc1cc2nc(CCc3ccccc3)[nH]c2cc1C. The molecule has 19 heavy (non-hydrogen) atoms. The summed E-state index contributed by atoms with van der Waals surface area (Å²) in [6.45, 7) is 4.27. The molecule has 0 amide bonds. The van der Waals surface area contributed by atoms with Crippen LogP contribution in [-0.4, -0.2) is 9.97 Å². The zero-order valence-electron chi connectivity index (χ0n) is 11.4. The summed E-state index contributed by atoms with van der Waals surface area (Å²) in [4.78, 5) is 8.10. The summed E-state index contributed by atoms with van der Waals surface area (Å²) in [5, 5.41) is 0. The molecule has 2 nitrogen and oxygen atoms in total. The van der Waals surface area contributed by atoms with Crippen molar-refractivity contribution in [3.8, 4) is 0 Å². The summed E-state index contributed by atoms with van der Waals surface area (Å²) in [6, 6.07) is 14.9. The predicted molar refractivity (Wildman–Crippen MR) is 79.4 cm³/mol. The van der Waals surface area contributed by atoms with Crippen LogP contribution in [0.15, 0.2) is 42.5 Å². The summed E-state index contributed by atoms with van der Waals surface area (Å²) < 4.78 is 0. The van der Waals surface area contributed by atoms with Gasteiger partial charge in [-0.25, -0.2) is 4.98 Å². The number of fused-ring (bicyclic) bond motifs is 1. The first-order chi connectivity index (χ1) is 9.22. The van der Waals surface area contributed by atoms with Gasteiger partial charge in [0, 0.05) is 6.42 Å². The van der Waals surface area contributed by atoms with Gasteiger partial charge in [-0.3, -0.25) is 0 Å². The van der Waals surface area contributed by atoms with Gasteiger partial charge in [-0.05, 0) is 49.1 Å². The van der Waals surface area contributed by atoms with Crippen molar-refractivity contribution in [3.05, 3.63) is 65.0 Å². The number of imidazole rings is 1. The number of hydrogen-bond acceptors (Lipinski definition) is 1. The van der Waals surface area contributed by atoms with E-state index in [0.29, 0.717) is 0 Å². The van der Waals surface area contributed by atoms with E-state index >= 15 is 0 Å². The third kappa shape index (κ3) is 2.53. The maximum Gasteiger partial charge on any atom is 0.107 e. The number of rotatable bonds is 3. The highest BCUT2D eigenvalue weighted by Crippen LogP contribution is 2.18. The third-order valence-corrected chi connectivity index (χ3v) is 3.64. The molecule has 0 aliphatic heterocycles. The van der Waals surface area contributed by atoms with Crippen molar-refractivity contribution in [1.29, 1.82) is 0 Å². The second-order valence-electron chi connectivity index (χ2n) is 5.12. The highest BCUT2D eigenvalue weighted by Gasteiger charge is 2.05. The Bertz CT molecular complexity index is 657. The van der Waals surface area contributed by atoms with Crippen LogP contribution in [0.25, 0.3) is 11.0 Å². The van der Waals surface area contributed by atoms with Gasteiger partial charge in [0.05, 0.1) is 11.0 Å². The van der Waals surface area contributed by atoms with E-state index in [9.17, 15) is 0 Å². The van der Waals surface area contributed by atoms with Gasteiger partial charge in [-0.15, -0.1) is 0 Å². The minimum atomic E-state index is 0.955. The first-order valence-corrected chi connectivity index (χ1v) is 6.72. The Morgan fingerprint density at radius 1 is 0.947 bits per heavy atom. The Kier molecular flexibility index (Phi) is 3.08. The van der Waals surface area contributed by atoms with Gasteiger partial charge in [-0.1, -0.05) is 30.3 Å². The molecule has 0 spiro atoms. The fourth-order valence-corrected chi connectivity index (χ4v) is 2.35. The van der Waals surface area contributed by atoms with Crippen molar-refractivity contribution < 1.29 is 0 Å². The van der Waals surface area contributed by atoms with E-state index in [1.165, 1.54) is 16.7 Å². The summed E-state index contributed by atoms with van der Waals surface area (Å²) >= 11 is 0. The molecule has 0 bridgehead atoms. The molecular formula is C17H18N2. The topological polar surface area (TPSA) is 28.7 Å². The standard InChI is InChI=1S/C17H18N2/c1-12-10-15-16(11-13(12)2)19-17(18-15)9-8-14-6-4-3-5-7-14/h3-7,10-11H,8-9H2,1-2H3,(H,18,19). The maximum atomic E-state index is 4.67. The van der Waals surface area contributed by atoms with E-state index in [1.807, 2.05) is 0 Å². The summed E-state index contributed by atoms with van der Waals surface area (Å²) in [6.07, 6.45) is 1.98. The average Bonchev–Trinajstić information content (AvgIpc) is 2.80. The third-order valence-electron chi connectivity index (χ3n) is 3.64. The number of benzene rings is 2. The van der Waals surface area contributed by atoms with Crippen molar-refractivity contribution in [2.45, 2.75) is 26.7 Å².